The molecule has 2 aromatic rings. The number of nitro groups is 1. The number of benzene rings is 2. The fourth-order valence-electron chi connectivity index (χ4n) is 2.41. The average molecular weight is 342 g/mol. The maximum atomic E-state index is 12.6. The van der Waals surface area contributed by atoms with Crippen LogP contribution in [-0.2, 0) is 0 Å². The Balaban J connectivity index is 2.12. The molecule has 0 heterocycles. The van der Waals surface area contributed by atoms with Gasteiger partial charge in [0.2, 0.25) is 0 Å². The molecule has 2 rings (SSSR count). The Morgan fingerprint density at radius 3 is 2.64 bits per heavy atom. The molecule has 0 aliphatic heterocycles. The maximum absolute atomic E-state index is 12.6. The summed E-state index contributed by atoms with van der Waals surface area (Å²) in [6, 6.07) is 11.4. The highest BCUT2D eigenvalue weighted by molar-refractivity contribution is 6.06. The molecule has 0 radical (unpaired) electrons. The Labute approximate surface area is 147 Å². The van der Waals surface area contributed by atoms with E-state index >= 15 is 0 Å². The van der Waals surface area contributed by atoms with Crippen LogP contribution >= 0.6 is 0 Å². The van der Waals surface area contributed by atoms with Gasteiger partial charge in [0, 0.05) is 17.8 Å². The topological polar surface area (TPSA) is 81.5 Å². The van der Waals surface area contributed by atoms with E-state index in [0.29, 0.717) is 29.2 Å². The van der Waals surface area contributed by atoms with Crippen molar-refractivity contribution in [3.8, 4) is 5.75 Å². The fraction of sp³-hybridized carbons (Fsp3) is 0.316. The molecule has 0 aliphatic rings. The quantitative estimate of drug-likeness (QED) is 0.427. The van der Waals surface area contributed by atoms with Crippen molar-refractivity contribution in [3.63, 3.8) is 0 Å². The zero-order valence-electron chi connectivity index (χ0n) is 14.5. The Hall–Kier alpha value is -2.89. The second kappa shape index (κ2) is 8.82. The third kappa shape index (κ3) is 5.04. The summed E-state index contributed by atoms with van der Waals surface area (Å²) in [5, 5.41) is 13.6. The van der Waals surface area contributed by atoms with E-state index in [4.69, 9.17) is 4.74 Å². The number of nitrogens with zero attached hydrogens (tertiary/aromatic N) is 1. The van der Waals surface area contributed by atoms with Crippen molar-refractivity contribution in [1.82, 2.24) is 0 Å². The van der Waals surface area contributed by atoms with Crippen LogP contribution in [0.15, 0.2) is 42.5 Å². The molecule has 0 aromatic heterocycles. The third-order valence-corrected chi connectivity index (χ3v) is 3.81. The van der Waals surface area contributed by atoms with Gasteiger partial charge in [0.25, 0.3) is 11.6 Å². The minimum Gasteiger partial charge on any atom is -0.493 e. The number of anilines is 1. The average Bonchev–Trinajstić information content (AvgIpc) is 2.60. The van der Waals surface area contributed by atoms with Crippen LogP contribution in [0.25, 0.3) is 0 Å². The molecule has 1 amide bonds. The molecule has 0 atom stereocenters. The lowest BCUT2D eigenvalue weighted by Crippen LogP contribution is -2.14. The number of carbonyl (C=O) groups is 1. The van der Waals surface area contributed by atoms with Crippen LogP contribution in [0, 0.1) is 17.0 Å². The van der Waals surface area contributed by atoms with Gasteiger partial charge in [-0.05, 0) is 37.1 Å². The largest absolute Gasteiger partial charge is 0.493 e. The molecule has 2 aromatic carbocycles. The van der Waals surface area contributed by atoms with Crippen molar-refractivity contribution in [2.24, 2.45) is 0 Å². The van der Waals surface area contributed by atoms with Crippen LogP contribution in [0.3, 0.4) is 0 Å². The van der Waals surface area contributed by atoms with Gasteiger partial charge in [0.05, 0.1) is 17.1 Å². The lowest BCUT2D eigenvalue weighted by Gasteiger charge is -2.12. The van der Waals surface area contributed by atoms with E-state index in [1.807, 2.05) is 6.07 Å². The summed E-state index contributed by atoms with van der Waals surface area (Å²) < 4.78 is 5.73. The first kappa shape index (κ1) is 18.4. The molecule has 0 spiro atoms. The molecule has 6 nitrogen and oxygen atoms in total. The Morgan fingerprint density at radius 1 is 1.20 bits per heavy atom. The minimum atomic E-state index is -0.460. The van der Waals surface area contributed by atoms with E-state index in [1.165, 1.54) is 18.2 Å². The Bertz CT molecular complexity index is 759. The molecule has 0 unspecified atom stereocenters. The molecule has 0 aliphatic carbocycles. The van der Waals surface area contributed by atoms with Crippen molar-refractivity contribution in [3.05, 3.63) is 63.7 Å². The highest BCUT2D eigenvalue weighted by atomic mass is 16.6. The van der Waals surface area contributed by atoms with Crippen LogP contribution < -0.4 is 10.1 Å². The minimum absolute atomic E-state index is 0.00448. The highest BCUT2D eigenvalue weighted by Crippen LogP contribution is 2.24. The van der Waals surface area contributed by atoms with Crippen LogP contribution in [0.4, 0.5) is 11.4 Å². The second-order valence-electron chi connectivity index (χ2n) is 5.76. The van der Waals surface area contributed by atoms with Gasteiger partial charge < -0.3 is 10.1 Å². The van der Waals surface area contributed by atoms with Gasteiger partial charge in [-0.2, -0.15) is 0 Å². The lowest BCUT2D eigenvalue weighted by molar-refractivity contribution is -0.384. The lowest BCUT2D eigenvalue weighted by atomic mass is 10.1. The fourth-order valence-corrected chi connectivity index (χ4v) is 2.41. The van der Waals surface area contributed by atoms with Gasteiger partial charge in [-0.25, -0.2) is 0 Å². The highest BCUT2D eigenvalue weighted by Gasteiger charge is 2.15. The van der Waals surface area contributed by atoms with Crippen LogP contribution in [0.2, 0.25) is 0 Å². The summed E-state index contributed by atoms with van der Waals surface area (Å²) in [6.45, 7) is 4.40. The molecule has 6 heteroatoms. The van der Waals surface area contributed by atoms with Gasteiger partial charge in [-0.3, -0.25) is 14.9 Å². The third-order valence-electron chi connectivity index (χ3n) is 3.81. The SMILES string of the molecule is CCCCCOc1ccccc1C(=O)Nc1ccc([N+](=O)[O-])cc1C. The van der Waals surface area contributed by atoms with Crippen molar-refractivity contribution >= 4 is 17.3 Å². The first-order valence-corrected chi connectivity index (χ1v) is 8.31. The zero-order valence-corrected chi connectivity index (χ0v) is 14.5. The second-order valence-corrected chi connectivity index (χ2v) is 5.76. The predicted octanol–water partition coefficient (Wildman–Crippen LogP) is 4.72. The molecule has 25 heavy (non-hydrogen) atoms. The molecular weight excluding hydrogens is 320 g/mol. The van der Waals surface area contributed by atoms with Crippen molar-refractivity contribution < 1.29 is 14.5 Å². The first-order valence-electron chi connectivity index (χ1n) is 8.31. The summed E-state index contributed by atoms with van der Waals surface area (Å²) in [7, 11) is 0. The molecule has 1 N–H and O–H groups in total. The van der Waals surface area contributed by atoms with Crippen molar-refractivity contribution in [1.29, 1.82) is 0 Å². The van der Waals surface area contributed by atoms with Crippen LogP contribution in [0.5, 0.6) is 5.75 Å². The number of para-hydroxylation sites is 1. The molecule has 0 saturated carbocycles. The number of amides is 1. The number of ether oxygens (including phenoxy) is 1. The van der Waals surface area contributed by atoms with E-state index < -0.39 is 4.92 Å². The molecule has 0 saturated heterocycles. The standard InChI is InChI=1S/C19H22N2O4/c1-3-4-7-12-25-18-9-6-5-8-16(18)19(22)20-17-11-10-15(21(23)24)13-14(17)2/h5-6,8-11,13H,3-4,7,12H2,1-2H3,(H,20,22). The molecule has 132 valence electrons. The molecular formula is C19H22N2O4. The summed E-state index contributed by atoms with van der Waals surface area (Å²) in [4.78, 5) is 22.9. The van der Waals surface area contributed by atoms with E-state index in [-0.39, 0.29) is 11.6 Å². The number of aryl methyl sites for hydroxylation is 1. The van der Waals surface area contributed by atoms with E-state index in [0.717, 1.165) is 19.3 Å². The van der Waals surface area contributed by atoms with Gasteiger partial charge in [-0.15, -0.1) is 0 Å². The number of nitro benzene ring substituents is 1. The number of rotatable bonds is 8. The summed E-state index contributed by atoms with van der Waals surface area (Å²) >= 11 is 0. The monoisotopic (exact) mass is 342 g/mol. The first-order chi connectivity index (χ1) is 12.0. The van der Waals surface area contributed by atoms with Gasteiger partial charge in [0.1, 0.15) is 5.75 Å². The van der Waals surface area contributed by atoms with Gasteiger partial charge in [-0.1, -0.05) is 31.9 Å². The predicted molar refractivity (Wildman–Crippen MR) is 97.2 cm³/mol. The van der Waals surface area contributed by atoms with Crippen LogP contribution in [-0.4, -0.2) is 17.4 Å². The Kier molecular flexibility index (Phi) is 6.51. The van der Waals surface area contributed by atoms with Crippen molar-refractivity contribution in [2.75, 3.05) is 11.9 Å². The van der Waals surface area contributed by atoms with Gasteiger partial charge in [0.15, 0.2) is 0 Å². The summed E-state index contributed by atoms with van der Waals surface area (Å²) in [6.07, 6.45) is 3.12. The normalized spacial score (nSPS) is 10.3. The van der Waals surface area contributed by atoms with E-state index in [2.05, 4.69) is 12.2 Å². The number of hydrogen-bond acceptors (Lipinski definition) is 4. The van der Waals surface area contributed by atoms with E-state index in [1.54, 1.807) is 25.1 Å². The maximum Gasteiger partial charge on any atom is 0.269 e. The number of nitrogens with one attached hydrogen (secondary N) is 1. The van der Waals surface area contributed by atoms with E-state index in [9.17, 15) is 14.9 Å². The van der Waals surface area contributed by atoms with Crippen molar-refractivity contribution in [2.45, 2.75) is 33.1 Å². The molecule has 0 bridgehead atoms. The van der Waals surface area contributed by atoms with Gasteiger partial charge >= 0.3 is 0 Å². The van der Waals surface area contributed by atoms with Crippen LogP contribution in [0.1, 0.15) is 42.1 Å². The Morgan fingerprint density at radius 2 is 1.96 bits per heavy atom. The number of hydrogen-bond donors (Lipinski definition) is 1. The number of non-ortho nitro benzene ring substituents is 1. The summed E-state index contributed by atoms with van der Waals surface area (Å²) in [5.41, 5.74) is 1.60. The number of unbranched alkanes of at least 4 members (excludes halogenated alkanes) is 2. The number of carbonyl (C=O) groups excluding carboxylic acids is 1. The smallest absolute Gasteiger partial charge is 0.269 e. The zero-order chi connectivity index (χ0) is 18.2. The molecule has 0 fully saturated rings. The summed E-state index contributed by atoms with van der Waals surface area (Å²) in [5.74, 6) is 0.235.